The van der Waals surface area contributed by atoms with E-state index in [0.717, 1.165) is 11.1 Å². The van der Waals surface area contributed by atoms with Crippen LogP contribution in [-0.2, 0) is 22.6 Å². The smallest absolute Gasteiger partial charge is 0.238 e. The number of rotatable bonds is 7. The molecule has 0 saturated carbocycles. The zero-order valence-corrected chi connectivity index (χ0v) is 14.3. The number of carbonyl (C=O) groups excluding carboxylic acids is 2. The summed E-state index contributed by atoms with van der Waals surface area (Å²) in [6.45, 7) is 0.371. The number of amides is 2. The minimum absolute atomic E-state index is 0.0566. The van der Waals surface area contributed by atoms with Crippen LogP contribution in [0.3, 0.4) is 0 Å². The van der Waals surface area contributed by atoms with Crippen LogP contribution in [0.2, 0.25) is 5.02 Å². The van der Waals surface area contributed by atoms with Crippen molar-refractivity contribution in [3.05, 3.63) is 64.7 Å². The third-order valence-electron chi connectivity index (χ3n) is 3.47. The SMILES string of the molecule is N#CCC(=O)Nc1cccc(CNC(=O)CCc2cccc(Cl)c2)c1. The van der Waals surface area contributed by atoms with E-state index in [9.17, 15) is 9.59 Å². The topological polar surface area (TPSA) is 82.0 Å². The average Bonchev–Trinajstić information content (AvgIpc) is 2.59. The summed E-state index contributed by atoms with van der Waals surface area (Å²) in [7, 11) is 0. The molecule has 2 amide bonds. The van der Waals surface area contributed by atoms with E-state index in [1.807, 2.05) is 24.3 Å². The first-order chi connectivity index (χ1) is 12.1. The molecule has 0 aliphatic carbocycles. The van der Waals surface area contributed by atoms with Crippen LogP contribution in [0.5, 0.6) is 0 Å². The van der Waals surface area contributed by atoms with Gasteiger partial charge in [0.15, 0.2) is 0 Å². The molecule has 0 radical (unpaired) electrons. The quantitative estimate of drug-likeness (QED) is 0.798. The Morgan fingerprint density at radius 1 is 1.04 bits per heavy atom. The Bertz CT molecular complexity index is 799. The lowest BCUT2D eigenvalue weighted by molar-refractivity contribution is -0.121. The molecule has 2 aromatic carbocycles. The van der Waals surface area contributed by atoms with Gasteiger partial charge in [-0.2, -0.15) is 5.26 Å². The van der Waals surface area contributed by atoms with Crippen molar-refractivity contribution < 1.29 is 9.59 Å². The first-order valence-corrected chi connectivity index (χ1v) is 8.21. The van der Waals surface area contributed by atoms with Gasteiger partial charge in [0.05, 0.1) is 6.07 Å². The number of nitrogens with one attached hydrogen (secondary N) is 2. The standard InChI is InChI=1S/C19H18ClN3O2/c20-16-5-1-3-14(11-16)7-8-18(24)22-13-15-4-2-6-17(12-15)23-19(25)9-10-21/h1-6,11-12H,7-9,13H2,(H,22,24)(H,23,25). The molecule has 0 aliphatic rings. The fraction of sp³-hybridized carbons (Fsp3) is 0.211. The second-order valence-corrected chi connectivity index (χ2v) is 5.93. The minimum atomic E-state index is -0.356. The summed E-state index contributed by atoms with van der Waals surface area (Å²) in [5.41, 5.74) is 2.49. The normalized spacial score (nSPS) is 9.92. The van der Waals surface area contributed by atoms with Crippen molar-refractivity contribution in [3.8, 4) is 6.07 Å². The number of halogens is 1. The van der Waals surface area contributed by atoms with E-state index in [-0.39, 0.29) is 18.2 Å². The monoisotopic (exact) mass is 355 g/mol. The predicted octanol–water partition coefficient (Wildman–Crippen LogP) is 3.44. The first kappa shape index (κ1) is 18.5. The average molecular weight is 356 g/mol. The van der Waals surface area contributed by atoms with Crippen LogP contribution >= 0.6 is 11.6 Å². The van der Waals surface area contributed by atoms with Crippen LogP contribution < -0.4 is 10.6 Å². The third kappa shape index (κ3) is 6.66. The summed E-state index contributed by atoms with van der Waals surface area (Å²) in [6, 6.07) is 16.4. The Labute approximate surface area is 151 Å². The number of hydrogen-bond donors (Lipinski definition) is 2. The second kappa shape index (κ2) is 9.45. The fourth-order valence-corrected chi connectivity index (χ4v) is 2.49. The molecule has 2 aromatic rings. The van der Waals surface area contributed by atoms with Gasteiger partial charge < -0.3 is 10.6 Å². The number of nitrogens with zero attached hydrogens (tertiary/aromatic N) is 1. The zero-order valence-electron chi connectivity index (χ0n) is 13.6. The van der Waals surface area contributed by atoms with E-state index >= 15 is 0 Å². The molecular formula is C19H18ClN3O2. The molecule has 6 heteroatoms. The van der Waals surface area contributed by atoms with Crippen molar-refractivity contribution >= 4 is 29.1 Å². The number of benzene rings is 2. The maximum absolute atomic E-state index is 12.0. The molecule has 2 rings (SSSR count). The lowest BCUT2D eigenvalue weighted by atomic mass is 10.1. The Hall–Kier alpha value is -2.84. The summed E-state index contributed by atoms with van der Waals surface area (Å²) in [5.74, 6) is -0.413. The Balaban J connectivity index is 1.81. The Morgan fingerprint density at radius 3 is 2.56 bits per heavy atom. The second-order valence-electron chi connectivity index (χ2n) is 5.49. The van der Waals surface area contributed by atoms with Crippen LogP contribution in [0.1, 0.15) is 24.0 Å². The van der Waals surface area contributed by atoms with Crippen molar-refractivity contribution in [3.63, 3.8) is 0 Å². The van der Waals surface area contributed by atoms with Gasteiger partial charge in [0, 0.05) is 23.7 Å². The first-order valence-electron chi connectivity index (χ1n) is 7.83. The van der Waals surface area contributed by atoms with Gasteiger partial charge in [-0.3, -0.25) is 9.59 Å². The van der Waals surface area contributed by atoms with E-state index in [2.05, 4.69) is 10.6 Å². The van der Waals surface area contributed by atoms with Gasteiger partial charge in [-0.05, 0) is 41.8 Å². The van der Waals surface area contributed by atoms with Gasteiger partial charge in [0.1, 0.15) is 6.42 Å². The van der Waals surface area contributed by atoms with Crippen molar-refractivity contribution in [2.75, 3.05) is 5.32 Å². The Kier molecular flexibility index (Phi) is 7.00. The molecule has 0 spiro atoms. The zero-order chi connectivity index (χ0) is 18.1. The molecule has 0 fully saturated rings. The molecule has 2 N–H and O–H groups in total. The van der Waals surface area contributed by atoms with E-state index in [1.54, 1.807) is 30.3 Å². The van der Waals surface area contributed by atoms with E-state index in [4.69, 9.17) is 16.9 Å². The summed E-state index contributed by atoms with van der Waals surface area (Å²) >= 11 is 5.92. The third-order valence-corrected chi connectivity index (χ3v) is 3.70. The maximum atomic E-state index is 12.0. The lowest BCUT2D eigenvalue weighted by Crippen LogP contribution is -2.23. The van der Waals surface area contributed by atoms with E-state index < -0.39 is 0 Å². The van der Waals surface area contributed by atoms with Gasteiger partial charge in [-0.25, -0.2) is 0 Å². The van der Waals surface area contributed by atoms with E-state index in [1.165, 1.54) is 0 Å². The van der Waals surface area contributed by atoms with Crippen molar-refractivity contribution in [1.29, 1.82) is 5.26 Å². The lowest BCUT2D eigenvalue weighted by Gasteiger charge is -2.08. The predicted molar refractivity (Wildman–Crippen MR) is 96.9 cm³/mol. The summed E-state index contributed by atoms with van der Waals surface area (Å²) in [5, 5.41) is 14.6. The van der Waals surface area contributed by atoms with E-state index in [0.29, 0.717) is 30.1 Å². The molecule has 0 unspecified atom stereocenters. The maximum Gasteiger partial charge on any atom is 0.238 e. The molecule has 0 heterocycles. The highest BCUT2D eigenvalue weighted by molar-refractivity contribution is 6.30. The number of hydrogen-bond acceptors (Lipinski definition) is 3. The number of aryl methyl sites for hydroxylation is 1. The molecule has 0 saturated heterocycles. The van der Waals surface area contributed by atoms with Gasteiger partial charge in [0.25, 0.3) is 0 Å². The highest BCUT2D eigenvalue weighted by atomic mass is 35.5. The molecule has 0 aliphatic heterocycles. The number of carbonyl (C=O) groups is 2. The van der Waals surface area contributed by atoms with Crippen LogP contribution in [-0.4, -0.2) is 11.8 Å². The van der Waals surface area contributed by atoms with Crippen LogP contribution in [0.4, 0.5) is 5.69 Å². The van der Waals surface area contributed by atoms with Crippen molar-refractivity contribution in [2.24, 2.45) is 0 Å². The van der Waals surface area contributed by atoms with Crippen molar-refractivity contribution in [2.45, 2.75) is 25.8 Å². The van der Waals surface area contributed by atoms with Gasteiger partial charge in [-0.1, -0.05) is 35.9 Å². The fourth-order valence-electron chi connectivity index (χ4n) is 2.28. The van der Waals surface area contributed by atoms with Crippen LogP contribution in [0.25, 0.3) is 0 Å². The molecule has 5 nitrogen and oxygen atoms in total. The summed E-state index contributed by atoms with van der Waals surface area (Å²) in [6.07, 6.45) is 0.806. The molecular weight excluding hydrogens is 338 g/mol. The van der Waals surface area contributed by atoms with Crippen LogP contribution in [0, 0.1) is 11.3 Å². The molecule has 0 atom stereocenters. The van der Waals surface area contributed by atoms with Crippen molar-refractivity contribution in [1.82, 2.24) is 5.32 Å². The number of nitriles is 1. The molecule has 0 aromatic heterocycles. The largest absolute Gasteiger partial charge is 0.352 e. The minimum Gasteiger partial charge on any atom is -0.352 e. The van der Waals surface area contributed by atoms with Gasteiger partial charge >= 0.3 is 0 Å². The van der Waals surface area contributed by atoms with Crippen LogP contribution in [0.15, 0.2) is 48.5 Å². The summed E-state index contributed by atoms with van der Waals surface area (Å²) < 4.78 is 0. The summed E-state index contributed by atoms with van der Waals surface area (Å²) in [4.78, 5) is 23.4. The van der Waals surface area contributed by atoms with Gasteiger partial charge in [0.2, 0.25) is 11.8 Å². The Morgan fingerprint density at radius 2 is 1.80 bits per heavy atom. The highest BCUT2D eigenvalue weighted by Crippen LogP contribution is 2.13. The molecule has 128 valence electrons. The number of anilines is 1. The van der Waals surface area contributed by atoms with Gasteiger partial charge in [-0.15, -0.1) is 0 Å². The molecule has 0 bridgehead atoms. The molecule has 25 heavy (non-hydrogen) atoms. The highest BCUT2D eigenvalue weighted by Gasteiger charge is 2.05.